The highest BCUT2D eigenvalue weighted by Crippen LogP contribution is 2.22. The minimum Gasteiger partial charge on any atom is -0.490 e. The number of ether oxygens (including phenoxy) is 2. The monoisotopic (exact) mass is 351 g/mol. The summed E-state index contributed by atoms with van der Waals surface area (Å²) in [5, 5.41) is 3.27. The fourth-order valence-corrected chi connectivity index (χ4v) is 2.20. The number of hydrogen-bond donors (Lipinski definition) is 1. The highest BCUT2D eigenvalue weighted by Gasteiger charge is 2.17. The Morgan fingerprint density at radius 1 is 1.21 bits per heavy atom. The summed E-state index contributed by atoms with van der Waals surface area (Å²) in [5.74, 6) is 0.426. The van der Waals surface area contributed by atoms with Gasteiger partial charge in [-0.05, 0) is 42.8 Å². The lowest BCUT2D eigenvalue weighted by Gasteiger charge is -2.17. The molecular formula is C18H19ClFNO3. The molecule has 2 rings (SSSR count). The zero-order valence-corrected chi connectivity index (χ0v) is 14.1. The van der Waals surface area contributed by atoms with Crippen molar-refractivity contribution in [3.63, 3.8) is 0 Å². The first-order valence-corrected chi connectivity index (χ1v) is 8.05. The molecule has 0 fully saturated rings. The molecule has 0 aromatic heterocycles. The molecule has 0 saturated heterocycles. The third kappa shape index (κ3) is 5.42. The molecule has 0 bridgehead atoms. The van der Waals surface area contributed by atoms with Crippen molar-refractivity contribution in [3.05, 3.63) is 59.4 Å². The van der Waals surface area contributed by atoms with Crippen LogP contribution in [-0.4, -0.2) is 25.2 Å². The highest BCUT2D eigenvalue weighted by atomic mass is 35.5. The summed E-state index contributed by atoms with van der Waals surface area (Å²) >= 11 is 5.98. The fourth-order valence-electron chi connectivity index (χ4n) is 2.01. The average Bonchev–Trinajstić information content (AvgIpc) is 2.59. The van der Waals surface area contributed by atoms with Crippen LogP contribution in [0.25, 0.3) is 0 Å². The first kappa shape index (κ1) is 18.1. The van der Waals surface area contributed by atoms with Crippen LogP contribution in [-0.2, 0) is 4.79 Å². The van der Waals surface area contributed by atoms with Crippen LogP contribution >= 0.6 is 11.6 Å². The molecule has 6 heteroatoms. The molecule has 1 N–H and O–H groups in total. The summed E-state index contributed by atoms with van der Waals surface area (Å²) in [6, 6.07) is 12.7. The normalized spacial score (nSPS) is 11.6. The molecule has 0 heterocycles. The lowest BCUT2D eigenvalue weighted by Crippen LogP contribution is -2.39. The Morgan fingerprint density at radius 3 is 2.58 bits per heavy atom. The summed E-state index contributed by atoms with van der Waals surface area (Å²) in [6.45, 7) is 2.46. The van der Waals surface area contributed by atoms with Gasteiger partial charge in [-0.2, -0.15) is 0 Å². The number of amides is 1. The molecule has 0 spiro atoms. The molecule has 4 nitrogen and oxygen atoms in total. The predicted octanol–water partition coefficient (Wildman–Crippen LogP) is 3.83. The van der Waals surface area contributed by atoms with Crippen molar-refractivity contribution in [2.45, 2.75) is 19.4 Å². The second-order valence-electron chi connectivity index (χ2n) is 5.04. The largest absolute Gasteiger partial charge is 0.490 e. The van der Waals surface area contributed by atoms with Crippen molar-refractivity contribution in [2.24, 2.45) is 0 Å². The SMILES string of the molecule is CC[C@@H](Oc1ccc(F)cc1)C(=O)NCCOc1ccccc1Cl. The predicted molar refractivity (Wildman–Crippen MR) is 91.1 cm³/mol. The van der Waals surface area contributed by atoms with Gasteiger partial charge in [0, 0.05) is 0 Å². The second-order valence-corrected chi connectivity index (χ2v) is 5.45. The topological polar surface area (TPSA) is 47.6 Å². The molecular weight excluding hydrogens is 333 g/mol. The van der Waals surface area contributed by atoms with E-state index in [1.54, 1.807) is 12.1 Å². The van der Waals surface area contributed by atoms with Gasteiger partial charge < -0.3 is 14.8 Å². The Balaban J connectivity index is 1.77. The van der Waals surface area contributed by atoms with Gasteiger partial charge in [-0.3, -0.25) is 4.79 Å². The minimum absolute atomic E-state index is 0.246. The average molecular weight is 352 g/mol. The molecule has 2 aromatic carbocycles. The van der Waals surface area contributed by atoms with E-state index in [1.165, 1.54) is 24.3 Å². The van der Waals surface area contributed by atoms with Crippen molar-refractivity contribution in [3.8, 4) is 11.5 Å². The Bertz CT molecular complexity index is 664. The van der Waals surface area contributed by atoms with Crippen LogP contribution in [0.3, 0.4) is 0 Å². The molecule has 1 atom stereocenters. The number of halogens is 2. The van der Waals surface area contributed by atoms with Gasteiger partial charge in [0.2, 0.25) is 0 Å². The molecule has 0 saturated carbocycles. The van der Waals surface area contributed by atoms with Gasteiger partial charge in [-0.15, -0.1) is 0 Å². The van der Waals surface area contributed by atoms with Crippen molar-refractivity contribution in [1.82, 2.24) is 5.32 Å². The molecule has 2 aromatic rings. The van der Waals surface area contributed by atoms with Crippen LogP contribution in [0, 0.1) is 5.82 Å². The number of nitrogens with one attached hydrogen (secondary N) is 1. The Labute approximate surface area is 145 Å². The third-order valence-electron chi connectivity index (χ3n) is 3.25. The molecule has 0 aliphatic heterocycles. The van der Waals surface area contributed by atoms with Crippen LogP contribution in [0.4, 0.5) is 4.39 Å². The lowest BCUT2D eigenvalue weighted by atomic mass is 10.2. The van der Waals surface area contributed by atoms with E-state index in [2.05, 4.69) is 5.32 Å². The van der Waals surface area contributed by atoms with Crippen LogP contribution in [0.2, 0.25) is 5.02 Å². The van der Waals surface area contributed by atoms with Gasteiger partial charge in [0.1, 0.15) is 23.9 Å². The molecule has 0 radical (unpaired) electrons. The number of rotatable bonds is 8. The summed E-state index contributed by atoms with van der Waals surface area (Å²) < 4.78 is 24.0. The van der Waals surface area contributed by atoms with Crippen molar-refractivity contribution >= 4 is 17.5 Å². The molecule has 24 heavy (non-hydrogen) atoms. The summed E-state index contributed by atoms with van der Waals surface area (Å²) in [6.07, 6.45) is -0.148. The number of carbonyl (C=O) groups excluding carboxylic acids is 1. The summed E-state index contributed by atoms with van der Waals surface area (Å²) in [7, 11) is 0. The molecule has 0 aliphatic rings. The van der Waals surface area contributed by atoms with Crippen molar-refractivity contribution < 1.29 is 18.7 Å². The maximum Gasteiger partial charge on any atom is 0.261 e. The van der Waals surface area contributed by atoms with E-state index in [9.17, 15) is 9.18 Å². The van der Waals surface area contributed by atoms with Crippen LogP contribution in [0.15, 0.2) is 48.5 Å². The van der Waals surface area contributed by atoms with E-state index in [1.807, 2.05) is 19.1 Å². The number of hydrogen-bond acceptors (Lipinski definition) is 3. The van der Waals surface area contributed by atoms with Gasteiger partial charge in [0.05, 0.1) is 11.6 Å². The number of benzene rings is 2. The first-order valence-electron chi connectivity index (χ1n) is 7.67. The number of carbonyl (C=O) groups is 1. The minimum atomic E-state index is -0.643. The zero-order chi connectivity index (χ0) is 17.4. The molecule has 128 valence electrons. The summed E-state index contributed by atoms with van der Waals surface area (Å²) in [5.41, 5.74) is 0. The third-order valence-corrected chi connectivity index (χ3v) is 3.56. The quantitative estimate of drug-likeness (QED) is 0.735. The van der Waals surface area contributed by atoms with Crippen molar-refractivity contribution in [2.75, 3.05) is 13.2 Å². The van der Waals surface area contributed by atoms with E-state index >= 15 is 0 Å². The van der Waals surface area contributed by atoms with Crippen LogP contribution in [0.1, 0.15) is 13.3 Å². The van der Waals surface area contributed by atoms with E-state index in [0.717, 1.165) is 0 Å². The van der Waals surface area contributed by atoms with Crippen LogP contribution < -0.4 is 14.8 Å². The summed E-state index contributed by atoms with van der Waals surface area (Å²) in [4.78, 5) is 12.1. The number of para-hydroxylation sites is 1. The standard InChI is InChI=1S/C18H19ClFNO3/c1-2-16(24-14-9-7-13(20)8-10-14)18(22)21-11-12-23-17-6-4-3-5-15(17)19/h3-10,16H,2,11-12H2,1H3,(H,21,22)/t16-/m1/s1. The van der Waals surface area contributed by atoms with E-state index < -0.39 is 6.10 Å². The van der Waals surface area contributed by atoms with Crippen LogP contribution in [0.5, 0.6) is 11.5 Å². The maximum atomic E-state index is 12.9. The Morgan fingerprint density at radius 2 is 1.92 bits per heavy atom. The van der Waals surface area contributed by atoms with E-state index in [4.69, 9.17) is 21.1 Å². The van der Waals surface area contributed by atoms with Gasteiger partial charge >= 0.3 is 0 Å². The fraction of sp³-hybridized carbons (Fsp3) is 0.278. The van der Waals surface area contributed by atoms with Gasteiger partial charge in [-0.1, -0.05) is 30.7 Å². The van der Waals surface area contributed by atoms with Gasteiger partial charge in [0.15, 0.2) is 6.10 Å². The Hall–Kier alpha value is -2.27. The molecule has 0 aliphatic carbocycles. The Kier molecular flexibility index (Phi) is 6.88. The van der Waals surface area contributed by atoms with Crippen molar-refractivity contribution in [1.29, 1.82) is 0 Å². The smallest absolute Gasteiger partial charge is 0.261 e. The molecule has 0 unspecified atom stereocenters. The van der Waals surface area contributed by atoms with Gasteiger partial charge in [-0.25, -0.2) is 4.39 Å². The van der Waals surface area contributed by atoms with E-state index in [0.29, 0.717) is 36.1 Å². The van der Waals surface area contributed by atoms with E-state index in [-0.39, 0.29) is 11.7 Å². The second kappa shape index (κ2) is 9.13. The maximum absolute atomic E-state index is 12.9. The lowest BCUT2D eigenvalue weighted by molar-refractivity contribution is -0.128. The first-order chi connectivity index (χ1) is 11.6. The molecule has 1 amide bonds. The zero-order valence-electron chi connectivity index (χ0n) is 13.3. The van der Waals surface area contributed by atoms with Gasteiger partial charge in [0.25, 0.3) is 5.91 Å². The highest BCUT2D eigenvalue weighted by molar-refractivity contribution is 6.32.